The van der Waals surface area contributed by atoms with Crippen molar-refractivity contribution in [3.05, 3.63) is 59.5 Å². The Labute approximate surface area is 154 Å². The molecule has 0 N–H and O–H groups in total. The van der Waals surface area contributed by atoms with Gasteiger partial charge in [-0.2, -0.15) is 0 Å². The average molecular weight is 355 g/mol. The van der Waals surface area contributed by atoms with Crippen LogP contribution in [0.3, 0.4) is 0 Å². The highest BCUT2D eigenvalue weighted by atomic mass is 19.1. The molecule has 2 heterocycles. The second-order valence-corrected chi connectivity index (χ2v) is 7.19. The number of amides is 1. The molecule has 1 aromatic carbocycles. The first-order valence-electron chi connectivity index (χ1n) is 9.20. The second-order valence-electron chi connectivity index (χ2n) is 7.19. The van der Waals surface area contributed by atoms with Gasteiger partial charge in [0.05, 0.1) is 5.56 Å². The first-order chi connectivity index (χ1) is 12.5. The molecule has 138 valence electrons. The van der Waals surface area contributed by atoms with Gasteiger partial charge in [-0.3, -0.25) is 4.79 Å². The van der Waals surface area contributed by atoms with Crippen LogP contribution in [0.2, 0.25) is 0 Å². The van der Waals surface area contributed by atoms with Gasteiger partial charge in [0.25, 0.3) is 5.91 Å². The minimum atomic E-state index is -0.108. The molecule has 26 heavy (non-hydrogen) atoms. The fourth-order valence-corrected chi connectivity index (χ4v) is 3.53. The third-order valence-electron chi connectivity index (χ3n) is 5.02. The van der Waals surface area contributed by atoms with Crippen LogP contribution >= 0.6 is 0 Å². The van der Waals surface area contributed by atoms with Gasteiger partial charge in [-0.1, -0.05) is 18.2 Å². The van der Waals surface area contributed by atoms with Crippen LogP contribution in [0.15, 0.2) is 42.6 Å². The monoisotopic (exact) mass is 355 g/mol. The lowest BCUT2D eigenvalue weighted by Crippen LogP contribution is -2.36. The molecule has 0 unspecified atom stereocenters. The number of hydrogen-bond donors (Lipinski definition) is 0. The van der Waals surface area contributed by atoms with Crippen molar-refractivity contribution in [2.75, 3.05) is 32.1 Å². The summed E-state index contributed by atoms with van der Waals surface area (Å²) in [5.74, 6) is 1.30. The van der Waals surface area contributed by atoms with Crippen molar-refractivity contribution in [3.8, 4) is 0 Å². The Hall–Kier alpha value is -2.43. The van der Waals surface area contributed by atoms with Crippen LogP contribution in [0.4, 0.5) is 10.2 Å². The summed E-state index contributed by atoms with van der Waals surface area (Å²) in [6.45, 7) is 1.91. The Morgan fingerprint density at radius 3 is 2.77 bits per heavy atom. The van der Waals surface area contributed by atoms with Gasteiger partial charge < -0.3 is 9.80 Å². The Kier molecular flexibility index (Phi) is 5.86. The molecular weight excluding hydrogens is 329 g/mol. The van der Waals surface area contributed by atoms with Gasteiger partial charge in [0, 0.05) is 33.4 Å². The van der Waals surface area contributed by atoms with Crippen LogP contribution in [-0.4, -0.2) is 43.0 Å². The van der Waals surface area contributed by atoms with E-state index in [1.807, 2.05) is 24.3 Å². The van der Waals surface area contributed by atoms with Gasteiger partial charge >= 0.3 is 0 Å². The zero-order valence-corrected chi connectivity index (χ0v) is 15.5. The third kappa shape index (κ3) is 4.40. The van der Waals surface area contributed by atoms with Gasteiger partial charge in [-0.25, -0.2) is 9.37 Å². The van der Waals surface area contributed by atoms with Crippen molar-refractivity contribution >= 4 is 11.7 Å². The van der Waals surface area contributed by atoms with Gasteiger partial charge in [0.1, 0.15) is 11.6 Å². The lowest BCUT2D eigenvalue weighted by molar-refractivity contribution is 0.0827. The number of pyridine rings is 1. The molecule has 1 amide bonds. The largest absolute Gasteiger partial charge is 0.356 e. The molecule has 1 aromatic heterocycles. The maximum atomic E-state index is 13.8. The number of nitrogens with zero attached hydrogens (tertiary/aromatic N) is 3. The van der Waals surface area contributed by atoms with Crippen LogP contribution < -0.4 is 4.90 Å². The Balaban J connectivity index is 1.59. The number of aryl methyl sites for hydroxylation is 1. The molecule has 5 heteroatoms. The zero-order chi connectivity index (χ0) is 18.5. The maximum absolute atomic E-state index is 13.8. The van der Waals surface area contributed by atoms with E-state index in [9.17, 15) is 9.18 Å². The van der Waals surface area contributed by atoms with E-state index in [2.05, 4.69) is 9.88 Å². The molecule has 0 bridgehead atoms. The van der Waals surface area contributed by atoms with Gasteiger partial charge in [0.15, 0.2) is 0 Å². The van der Waals surface area contributed by atoms with E-state index in [1.165, 1.54) is 12.5 Å². The van der Waals surface area contributed by atoms with Crippen LogP contribution in [0.5, 0.6) is 0 Å². The molecule has 1 saturated heterocycles. The molecular formula is C21H26FN3O. The number of rotatable bonds is 5. The molecule has 0 spiro atoms. The van der Waals surface area contributed by atoms with Crippen molar-refractivity contribution in [1.29, 1.82) is 0 Å². The number of piperidine rings is 1. The Morgan fingerprint density at radius 1 is 1.27 bits per heavy atom. The van der Waals surface area contributed by atoms with Crippen molar-refractivity contribution in [1.82, 2.24) is 9.88 Å². The highest BCUT2D eigenvalue weighted by molar-refractivity contribution is 5.93. The average Bonchev–Trinajstić information content (AvgIpc) is 2.67. The van der Waals surface area contributed by atoms with Crippen LogP contribution in [-0.2, 0) is 6.42 Å². The smallest absolute Gasteiger partial charge is 0.254 e. The molecule has 1 fully saturated rings. The first-order valence-corrected chi connectivity index (χ1v) is 9.20. The fourth-order valence-electron chi connectivity index (χ4n) is 3.53. The molecule has 3 rings (SSSR count). The van der Waals surface area contributed by atoms with E-state index in [0.717, 1.165) is 43.7 Å². The molecule has 1 atom stereocenters. The third-order valence-corrected chi connectivity index (χ3v) is 5.02. The number of hydrogen-bond acceptors (Lipinski definition) is 3. The highest BCUT2D eigenvalue weighted by Crippen LogP contribution is 2.25. The van der Waals surface area contributed by atoms with Crippen molar-refractivity contribution < 1.29 is 9.18 Å². The summed E-state index contributed by atoms with van der Waals surface area (Å²) in [6.07, 6.45) is 5.69. The van der Waals surface area contributed by atoms with E-state index in [0.29, 0.717) is 11.5 Å². The summed E-state index contributed by atoms with van der Waals surface area (Å²) < 4.78 is 13.8. The second kappa shape index (κ2) is 8.30. The van der Waals surface area contributed by atoms with Crippen LogP contribution in [0.25, 0.3) is 0 Å². The van der Waals surface area contributed by atoms with E-state index in [1.54, 1.807) is 31.3 Å². The molecule has 1 aliphatic heterocycles. The van der Waals surface area contributed by atoms with E-state index in [4.69, 9.17) is 0 Å². The Bertz CT molecular complexity index is 745. The summed E-state index contributed by atoms with van der Waals surface area (Å²) in [5.41, 5.74) is 1.40. The van der Waals surface area contributed by atoms with E-state index in [-0.39, 0.29) is 11.7 Å². The Morgan fingerprint density at radius 2 is 2.08 bits per heavy atom. The van der Waals surface area contributed by atoms with Gasteiger partial charge in [-0.05, 0) is 55.4 Å². The topological polar surface area (TPSA) is 36.4 Å². The molecule has 1 aliphatic rings. The minimum absolute atomic E-state index is 0.0366. The number of halogens is 1. The summed E-state index contributed by atoms with van der Waals surface area (Å²) in [7, 11) is 3.47. The van der Waals surface area contributed by atoms with Gasteiger partial charge in [0.2, 0.25) is 0 Å². The standard InChI is InChI=1S/C21H26FN3O/c1-24(2)21(26)18-11-12-20(23-14-18)25-13-5-6-16(15-25)9-10-17-7-3-4-8-19(17)22/h3-4,7-8,11-12,14,16H,5-6,9-10,13,15H2,1-2H3/t16-/m1/s1. The van der Waals surface area contributed by atoms with Crippen molar-refractivity contribution in [2.45, 2.75) is 25.7 Å². The fraction of sp³-hybridized carbons (Fsp3) is 0.429. The predicted molar refractivity (Wildman–Crippen MR) is 102 cm³/mol. The summed E-state index contributed by atoms with van der Waals surface area (Å²) in [4.78, 5) is 20.3. The highest BCUT2D eigenvalue weighted by Gasteiger charge is 2.21. The minimum Gasteiger partial charge on any atom is -0.356 e. The lowest BCUT2D eigenvalue weighted by atomic mass is 9.91. The maximum Gasteiger partial charge on any atom is 0.254 e. The van der Waals surface area contributed by atoms with E-state index >= 15 is 0 Å². The molecule has 4 nitrogen and oxygen atoms in total. The van der Waals surface area contributed by atoms with Crippen LogP contribution in [0, 0.1) is 11.7 Å². The SMILES string of the molecule is CN(C)C(=O)c1ccc(N2CCC[C@H](CCc3ccccc3F)C2)nc1. The zero-order valence-electron chi connectivity index (χ0n) is 15.5. The number of carbonyl (C=O) groups excluding carboxylic acids is 1. The summed E-state index contributed by atoms with van der Waals surface area (Å²) in [6, 6.07) is 10.8. The van der Waals surface area contributed by atoms with Crippen molar-refractivity contribution in [2.24, 2.45) is 5.92 Å². The van der Waals surface area contributed by atoms with Crippen molar-refractivity contribution in [3.63, 3.8) is 0 Å². The van der Waals surface area contributed by atoms with Crippen LogP contribution in [0.1, 0.15) is 35.2 Å². The van der Waals surface area contributed by atoms with Gasteiger partial charge in [-0.15, -0.1) is 0 Å². The predicted octanol–water partition coefficient (Wildman–Crippen LogP) is 3.77. The molecule has 2 aromatic rings. The quantitative estimate of drug-likeness (QED) is 0.819. The molecule has 0 aliphatic carbocycles. The number of carbonyl (C=O) groups is 1. The molecule has 0 radical (unpaired) electrons. The normalized spacial score (nSPS) is 17.2. The number of anilines is 1. The lowest BCUT2D eigenvalue weighted by Gasteiger charge is -2.33. The first kappa shape index (κ1) is 18.4. The molecule has 0 saturated carbocycles. The summed E-state index contributed by atoms with van der Waals surface area (Å²) in [5, 5.41) is 0. The van der Waals surface area contributed by atoms with E-state index < -0.39 is 0 Å². The number of benzene rings is 1. The number of aromatic nitrogens is 1. The summed E-state index contributed by atoms with van der Waals surface area (Å²) >= 11 is 0.